The highest BCUT2D eigenvalue weighted by molar-refractivity contribution is 5.95. The summed E-state index contributed by atoms with van der Waals surface area (Å²) in [5, 5.41) is 12.1. The number of nitrogens with zero attached hydrogens (tertiary/aromatic N) is 1. The molecule has 1 amide bonds. The average molecular weight is 546 g/mol. The summed E-state index contributed by atoms with van der Waals surface area (Å²) in [5.41, 5.74) is 2.58. The zero-order valence-corrected chi connectivity index (χ0v) is 19.5. The molecule has 10 nitrogen and oxygen atoms in total. The third kappa shape index (κ3) is 5.25. The lowest BCUT2D eigenvalue weighted by Gasteiger charge is -2.16. The second-order valence-electron chi connectivity index (χ2n) is 7.99. The summed E-state index contributed by atoms with van der Waals surface area (Å²) in [6.45, 7) is 1.43. The number of benzene rings is 3. The van der Waals surface area contributed by atoms with Crippen LogP contribution in [-0.4, -0.2) is 16.8 Å². The standard InChI is InChI=1S/C25H14F4N2O8/c1-10(37-13-4-2-11-6-15(23(30)32)25(34)38-19(11)8-13)14-5-3-12(7-18(14)31(35)36)24(33)39-22-20(28)16(26)9-17(27)21(22)29/h2-10H,1H3,(H2,30,32). The van der Waals surface area contributed by atoms with Gasteiger partial charge in [-0.3, -0.25) is 14.9 Å². The van der Waals surface area contributed by atoms with Gasteiger partial charge in [-0.15, -0.1) is 0 Å². The van der Waals surface area contributed by atoms with Crippen LogP contribution < -0.4 is 20.8 Å². The number of halogens is 4. The maximum absolute atomic E-state index is 13.8. The van der Waals surface area contributed by atoms with Crippen molar-refractivity contribution in [2.45, 2.75) is 13.0 Å². The zero-order valence-electron chi connectivity index (χ0n) is 19.5. The number of nitro groups is 1. The molecule has 0 aliphatic carbocycles. The van der Waals surface area contributed by atoms with E-state index < -0.39 is 68.8 Å². The number of rotatable bonds is 7. The minimum Gasteiger partial charge on any atom is -0.486 e. The van der Waals surface area contributed by atoms with Gasteiger partial charge in [0.1, 0.15) is 23.0 Å². The molecule has 4 rings (SSSR count). The number of primary amides is 1. The lowest BCUT2D eigenvalue weighted by atomic mass is 10.0. The molecule has 14 heteroatoms. The molecule has 0 aliphatic rings. The van der Waals surface area contributed by atoms with E-state index in [0.717, 1.165) is 18.2 Å². The number of hydrogen-bond acceptors (Lipinski definition) is 8. The lowest BCUT2D eigenvalue weighted by Crippen LogP contribution is -2.20. The number of nitro benzene ring substituents is 1. The Morgan fingerprint density at radius 1 is 1.00 bits per heavy atom. The Bertz CT molecular complexity index is 1710. The van der Waals surface area contributed by atoms with Crippen LogP contribution >= 0.6 is 0 Å². The Morgan fingerprint density at radius 2 is 1.67 bits per heavy atom. The topological polar surface area (TPSA) is 152 Å². The number of carbonyl (C=O) groups excluding carboxylic acids is 2. The smallest absolute Gasteiger partial charge is 0.349 e. The number of ether oxygens (including phenoxy) is 2. The molecule has 0 saturated heterocycles. The van der Waals surface area contributed by atoms with Gasteiger partial charge in [0.15, 0.2) is 11.6 Å². The van der Waals surface area contributed by atoms with Crippen LogP contribution in [0.15, 0.2) is 57.7 Å². The highest BCUT2D eigenvalue weighted by Gasteiger charge is 2.27. The van der Waals surface area contributed by atoms with Crippen LogP contribution in [0, 0.1) is 33.4 Å². The second-order valence-corrected chi connectivity index (χ2v) is 7.99. The first-order chi connectivity index (χ1) is 18.4. The predicted molar refractivity (Wildman–Crippen MR) is 124 cm³/mol. The van der Waals surface area contributed by atoms with Gasteiger partial charge < -0.3 is 19.6 Å². The quantitative estimate of drug-likeness (QED) is 0.0665. The summed E-state index contributed by atoms with van der Waals surface area (Å²) in [4.78, 5) is 46.5. The monoisotopic (exact) mass is 546 g/mol. The Hall–Kier alpha value is -5.27. The maximum atomic E-state index is 13.8. The molecule has 200 valence electrons. The van der Waals surface area contributed by atoms with E-state index >= 15 is 0 Å². The van der Waals surface area contributed by atoms with Crippen molar-refractivity contribution in [1.82, 2.24) is 0 Å². The van der Waals surface area contributed by atoms with E-state index in [1.54, 1.807) is 0 Å². The van der Waals surface area contributed by atoms with Crippen molar-refractivity contribution in [1.29, 1.82) is 0 Å². The molecule has 3 aromatic carbocycles. The molecule has 0 bridgehead atoms. The van der Waals surface area contributed by atoms with Crippen LogP contribution in [0.1, 0.15) is 39.3 Å². The summed E-state index contributed by atoms with van der Waals surface area (Å²) in [5.74, 6) is -11.6. The first-order valence-corrected chi connectivity index (χ1v) is 10.7. The van der Waals surface area contributed by atoms with Crippen LogP contribution in [0.25, 0.3) is 11.0 Å². The van der Waals surface area contributed by atoms with Gasteiger partial charge in [0.05, 0.1) is 16.1 Å². The first-order valence-electron chi connectivity index (χ1n) is 10.7. The van der Waals surface area contributed by atoms with Gasteiger partial charge in [-0.25, -0.2) is 18.4 Å². The van der Waals surface area contributed by atoms with Crippen LogP contribution in [0.5, 0.6) is 11.5 Å². The molecule has 0 fully saturated rings. The number of carbonyl (C=O) groups is 2. The maximum Gasteiger partial charge on any atom is 0.349 e. The molecule has 1 atom stereocenters. The van der Waals surface area contributed by atoms with Crippen molar-refractivity contribution in [3.05, 3.63) is 109 Å². The molecule has 0 spiro atoms. The molecule has 1 unspecified atom stereocenters. The lowest BCUT2D eigenvalue weighted by molar-refractivity contribution is -0.386. The van der Waals surface area contributed by atoms with E-state index in [1.165, 1.54) is 31.2 Å². The fraction of sp³-hybridized carbons (Fsp3) is 0.0800. The van der Waals surface area contributed by atoms with Gasteiger partial charge >= 0.3 is 11.6 Å². The van der Waals surface area contributed by atoms with Gasteiger partial charge in [0, 0.05) is 23.6 Å². The summed E-state index contributed by atoms with van der Waals surface area (Å²) in [6.07, 6.45) is -1.03. The highest BCUT2D eigenvalue weighted by atomic mass is 19.2. The van der Waals surface area contributed by atoms with Gasteiger partial charge in [0.25, 0.3) is 11.6 Å². The van der Waals surface area contributed by atoms with E-state index in [2.05, 4.69) is 4.74 Å². The van der Waals surface area contributed by atoms with Crippen molar-refractivity contribution in [3.63, 3.8) is 0 Å². The molecule has 0 aliphatic heterocycles. The summed E-state index contributed by atoms with van der Waals surface area (Å²) in [6, 6.07) is 8.19. The molecule has 1 aromatic heterocycles. The zero-order chi connectivity index (χ0) is 28.6. The van der Waals surface area contributed by atoms with Gasteiger partial charge in [-0.1, -0.05) is 0 Å². The fourth-order valence-corrected chi connectivity index (χ4v) is 3.57. The molecule has 1 heterocycles. The Morgan fingerprint density at radius 3 is 2.28 bits per heavy atom. The molecular weight excluding hydrogens is 532 g/mol. The Balaban J connectivity index is 1.62. The summed E-state index contributed by atoms with van der Waals surface area (Å²) >= 11 is 0. The van der Waals surface area contributed by atoms with Crippen molar-refractivity contribution in [3.8, 4) is 11.5 Å². The molecule has 0 radical (unpaired) electrons. The van der Waals surface area contributed by atoms with Crippen molar-refractivity contribution < 1.29 is 46.0 Å². The van der Waals surface area contributed by atoms with Crippen molar-refractivity contribution in [2.24, 2.45) is 5.73 Å². The third-order valence-corrected chi connectivity index (χ3v) is 5.45. The van der Waals surface area contributed by atoms with Crippen LogP contribution in [0.2, 0.25) is 0 Å². The van der Waals surface area contributed by atoms with E-state index in [0.29, 0.717) is 5.39 Å². The SMILES string of the molecule is CC(Oc1ccc2cc(C(N)=O)c(=O)oc2c1)c1ccc(C(=O)Oc2c(F)c(F)cc(F)c2F)cc1[N+](=O)[O-]. The van der Waals surface area contributed by atoms with E-state index in [9.17, 15) is 42.1 Å². The van der Waals surface area contributed by atoms with E-state index in [4.69, 9.17) is 14.9 Å². The minimum atomic E-state index is -1.97. The third-order valence-electron chi connectivity index (χ3n) is 5.45. The van der Waals surface area contributed by atoms with Gasteiger partial charge in [-0.05, 0) is 37.3 Å². The van der Waals surface area contributed by atoms with Crippen molar-refractivity contribution in [2.75, 3.05) is 0 Å². The summed E-state index contributed by atoms with van der Waals surface area (Å²) in [7, 11) is 0. The second kappa shape index (κ2) is 10.2. The summed E-state index contributed by atoms with van der Waals surface area (Å²) < 4.78 is 69.7. The number of fused-ring (bicyclic) bond motifs is 1. The number of amides is 1. The molecule has 39 heavy (non-hydrogen) atoms. The fourth-order valence-electron chi connectivity index (χ4n) is 3.57. The molecular formula is C25H14F4N2O8. The molecule has 4 aromatic rings. The number of esters is 1. The predicted octanol–water partition coefficient (Wildman–Crippen LogP) is 4.72. The minimum absolute atomic E-state index is 0.0375. The normalized spacial score (nSPS) is 11.7. The van der Waals surface area contributed by atoms with Crippen LogP contribution in [-0.2, 0) is 0 Å². The molecule has 0 saturated carbocycles. The Kier molecular flexibility index (Phi) is 7.03. The first kappa shape index (κ1) is 26.8. The van der Waals surface area contributed by atoms with E-state index in [-0.39, 0.29) is 28.5 Å². The van der Waals surface area contributed by atoms with Crippen molar-refractivity contribution >= 4 is 28.5 Å². The number of hydrogen-bond donors (Lipinski definition) is 1. The average Bonchev–Trinajstić information content (AvgIpc) is 2.88. The highest BCUT2D eigenvalue weighted by Crippen LogP contribution is 2.32. The van der Waals surface area contributed by atoms with E-state index in [1.807, 2.05) is 0 Å². The van der Waals surface area contributed by atoms with Crippen LogP contribution in [0.3, 0.4) is 0 Å². The molecule has 2 N–H and O–H groups in total. The largest absolute Gasteiger partial charge is 0.486 e. The van der Waals surface area contributed by atoms with Crippen LogP contribution in [0.4, 0.5) is 23.2 Å². The van der Waals surface area contributed by atoms with Gasteiger partial charge in [0.2, 0.25) is 17.4 Å². The Labute approximate surface area is 214 Å². The number of nitrogens with two attached hydrogens (primary N) is 1. The van der Waals surface area contributed by atoms with Gasteiger partial charge in [-0.2, -0.15) is 8.78 Å².